The van der Waals surface area contributed by atoms with Crippen LogP contribution in [-0.2, 0) is 9.53 Å². The van der Waals surface area contributed by atoms with Crippen molar-refractivity contribution in [2.45, 2.75) is 64.9 Å². The van der Waals surface area contributed by atoms with Gasteiger partial charge in [0.15, 0.2) is 5.78 Å². The molecule has 0 aromatic rings. The van der Waals surface area contributed by atoms with Gasteiger partial charge in [-0.05, 0) is 25.2 Å². The maximum Gasteiger partial charge on any atom is 0.158 e. The minimum absolute atomic E-state index is 0.262. The van der Waals surface area contributed by atoms with Crippen LogP contribution in [0.1, 0.15) is 58.8 Å². The van der Waals surface area contributed by atoms with Crippen molar-refractivity contribution in [3.05, 3.63) is 0 Å². The molecule has 15 heavy (non-hydrogen) atoms. The summed E-state index contributed by atoms with van der Waals surface area (Å²) in [7, 11) is 0. The predicted molar refractivity (Wildman–Crippen MR) is 61.9 cm³/mol. The first-order chi connectivity index (χ1) is 7.27. The maximum atomic E-state index is 11.4. The average molecular weight is 212 g/mol. The lowest BCUT2D eigenvalue weighted by molar-refractivity contribution is -0.127. The van der Waals surface area contributed by atoms with Gasteiger partial charge in [0.05, 0.1) is 6.10 Å². The summed E-state index contributed by atoms with van der Waals surface area (Å²) in [6, 6.07) is 0. The number of hydrogen-bond acceptors (Lipinski definition) is 2. The van der Waals surface area contributed by atoms with E-state index >= 15 is 0 Å². The molecule has 2 unspecified atom stereocenters. The Morgan fingerprint density at radius 3 is 2.67 bits per heavy atom. The lowest BCUT2D eigenvalue weighted by Gasteiger charge is -2.30. The second kappa shape index (κ2) is 7.00. The zero-order chi connectivity index (χ0) is 11.1. The Bertz CT molecular complexity index is 189. The number of ketones is 1. The summed E-state index contributed by atoms with van der Waals surface area (Å²) in [5.41, 5.74) is 0. The number of carbonyl (C=O) groups is 1. The number of ether oxygens (including phenoxy) is 1. The van der Waals surface area contributed by atoms with Gasteiger partial charge in [0.2, 0.25) is 0 Å². The monoisotopic (exact) mass is 212 g/mol. The van der Waals surface area contributed by atoms with Crippen LogP contribution in [0.25, 0.3) is 0 Å². The molecule has 1 aliphatic carbocycles. The number of carbonyl (C=O) groups excluding carboxylic acids is 1. The van der Waals surface area contributed by atoms with E-state index in [1.807, 2.05) is 6.92 Å². The lowest BCUT2D eigenvalue weighted by atomic mass is 9.85. The van der Waals surface area contributed by atoms with Crippen molar-refractivity contribution in [2.75, 3.05) is 6.61 Å². The van der Waals surface area contributed by atoms with E-state index in [4.69, 9.17) is 4.74 Å². The molecule has 88 valence electrons. The van der Waals surface area contributed by atoms with Crippen molar-refractivity contribution in [3.8, 4) is 0 Å². The molecule has 0 heterocycles. The fourth-order valence-corrected chi connectivity index (χ4v) is 2.41. The summed E-state index contributed by atoms with van der Waals surface area (Å²) < 4.78 is 5.75. The molecule has 0 N–H and O–H groups in total. The highest BCUT2D eigenvalue weighted by Gasteiger charge is 2.24. The number of rotatable bonds is 6. The molecule has 0 aromatic heterocycles. The third-order valence-electron chi connectivity index (χ3n) is 3.35. The summed E-state index contributed by atoms with van der Waals surface area (Å²) in [6.45, 7) is 4.60. The Labute approximate surface area is 93.4 Å². The van der Waals surface area contributed by atoms with Gasteiger partial charge in [-0.25, -0.2) is 0 Å². The fraction of sp³-hybridized carbons (Fsp3) is 0.923. The van der Waals surface area contributed by atoms with Gasteiger partial charge in [-0.2, -0.15) is 0 Å². The SMILES string of the molecule is CCCC(=O)COC1CCCCC1CC. The van der Waals surface area contributed by atoms with Crippen molar-refractivity contribution in [1.29, 1.82) is 0 Å². The van der Waals surface area contributed by atoms with Crippen LogP contribution in [0.2, 0.25) is 0 Å². The van der Waals surface area contributed by atoms with Gasteiger partial charge in [-0.3, -0.25) is 4.79 Å². The molecule has 1 rings (SSSR count). The molecule has 1 saturated carbocycles. The van der Waals surface area contributed by atoms with Gasteiger partial charge in [0.1, 0.15) is 6.61 Å². The molecular formula is C13H24O2. The molecule has 1 fully saturated rings. The zero-order valence-electron chi connectivity index (χ0n) is 10.1. The average Bonchev–Trinajstić information content (AvgIpc) is 2.27. The first-order valence-electron chi connectivity index (χ1n) is 6.41. The first kappa shape index (κ1) is 12.7. The topological polar surface area (TPSA) is 26.3 Å². The third-order valence-corrected chi connectivity index (χ3v) is 3.35. The highest BCUT2D eigenvalue weighted by molar-refractivity contribution is 5.79. The predicted octanol–water partition coefficient (Wildman–Crippen LogP) is 3.34. The van der Waals surface area contributed by atoms with E-state index in [-0.39, 0.29) is 5.78 Å². The van der Waals surface area contributed by atoms with E-state index < -0.39 is 0 Å². The standard InChI is InChI=1S/C13H24O2/c1-3-7-12(14)10-15-13-9-6-5-8-11(13)4-2/h11,13H,3-10H2,1-2H3. The van der Waals surface area contributed by atoms with Crippen LogP contribution in [0.15, 0.2) is 0 Å². The number of Topliss-reactive ketones (excluding diaryl/α,β-unsaturated/α-hetero) is 1. The van der Waals surface area contributed by atoms with E-state index in [2.05, 4.69) is 6.92 Å². The van der Waals surface area contributed by atoms with Gasteiger partial charge < -0.3 is 4.74 Å². The summed E-state index contributed by atoms with van der Waals surface area (Å²) in [5.74, 6) is 0.950. The first-order valence-corrected chi connectivity index (χ1v) is 6.41. The van der Waals surface area contributed by atoms with E-state index in [1.54, 1.807) is 0 Å². The molecule has 2 nitrogen and oxygen atoms in total. The third kappa shape index (κ3) is 4.33. The lowest BCUT2D eigenvalue weighted by Crippen LogP contribution is -2.29. The van der Waals surface area contributed by atoms with Crippen LogP contribution in [0.5, 0.6) is 0 Å². The van der Waals surface area contributed by atoms with E-state index in [0.717, 1.165) is 12.8 Å². The molecule has 2 atom stereocenters. The molecule has 0 aliphatic heterocycles. The van der Waals surface area contributed by atoms with Gasteiger partial charge in [-0.15, -0.1) is 0 Å². The summed E-state index contributed by atoms with van der Waals surface area (Å²) in [5, 5.41) is 0. The van der Waals surface area contributed by atoms with Crippen LogP contribution < -0.4 is 0 Å². The second-order valence-corrected chi connectivity index (χ2v) is 4.59. The largest absolute Gasteiger partial charge is 0.370 e. The van der Waals surface area contributed by atoms with Crippen molar-refractivity contribution in [1.82, 2.24) is 0 Å². The van der Waals surface area contributed by atoms with Crippen LogP contribution >= 0.6 is 0 Å². The van der Waals surface area contributed by atoms with E-state index in [0.29, 0.717) is 25.0 Å². The van der Waals surface area contributed by atoms with Crippen molar-refractivity contribution < 1.29 is 9.53 Å². The van der Waals surface area contributed by atoms with Crippen molar-refractivity contribution >= 4 is 5.78 Å². The molecule has 2 heteroatoms. The normalized spacial score (nSPS) is 26.5. The smallest absolute Gasteiger partial charge is 0.158 e. The quantitative estimate of drug-likeness (QED) is 0.675. The molecule has 0 radical (unpaired) electrons. The van der Waals surface area contributed by atoms with E-state index in [9.17, 15) is 4.79 Å². The minimum atomic E-state index is 0.262. The van der Waals surface area contributed by atoms with Crippen LogP contribution in [0, 0.1) is 5.92 Å². The molecule has 0 bridgehead atoms. The van der Waals surface area contributed by atoms with Crippen molar-refractivity contribution in [3.63, 3.8) is 0 Å². The Hall–Kier alpha value is -0.370. The van der Waals surface area contributed by atoms with Gasteiger partial charge in [-0.1, -0.05) is 33.1 Å². The van der Waals surface area contributed by atoms with Gasteiger partial charge in [0.25, 0.3) is 0 Å². The molecular weight excluding hydrogens is 188 g/mol. The van der Waals surface area contributed by atoms with Crippen LogP contribution in [0.4, 0.5) is 0 Å². The zero-order valence-corrected chi connectivity index (χ0v) is 10.1. The summed E-state index contributed by atoms with van der Waals surface area (Å²) in [4.78, 5) is 11.4. The summed E-state index contributed by atoms with van der Waals surface area (Å²) >= 11 is 0. The van der Waals surface area contributed by atoms with Crippen molar-refractivity contribution in [2.24, 2.45) is 5.92 Å². The Morgan fingerprint density at radius 2 is 2.00 bits per heavy atom. The highest BCUT2D eigenvalue weighted by atomic mass is 16.5. The molecule has 0 spiro atoms. The fourth-order valence-electron chi connectivity index (χ4n) is 2.41. The second-order valence-electron chi connectivity index (χ2n) is 4.59. The minimum Gasteiger partial charge on any atom is -0.370 e. The molecule has 0 saturated heterocycles. The highest BCUT2D eigenvalue weighted by Crippen LogP contribution is 2.28. The Balaban J connectivity index is 2.26. The molecule has 0 amide bonds. The molecule has 1 aliphatic rings. The Kier molecular flexibility index (Phi) is 5.92. The van der Waals surface area contributed by atoms with Crippen LogP contribution in [-0.4, -0.2) is 18.5 Å². The van der Waals surface area contributed by atoms with Gasteiger partial charge >= 0.3 is 0 Å². The summed E-state index contributed by atoms with van der Waals surface area (Å²) in [6.07, 6.45) is 8.18. The van der Waals surface area contributed by atoms with E-state index in [1.165, 1.54) is 25.7 Å². The number of hydrogen-bond donors (Lipinski definition) is 0. The maximum absolute atomic E-state index is 11.4. The Morgan fingerprint density at radius 1 is 1.27 bits per heavy atom. The van der Waals surface area contributed by atoms with Gasteiger partial charge in [0, 0.05) is 6.42 Å². The van der Waals surface area contributed by atoms with Crippen LogP contribution in [0.3, 0.4) is 0 Å². The molecule has 0 aromatic carbocycles.